The van der Waals surface area contributed by atoms with Crippen molar-refractivity contribution in [1.29, 1.82) is 0 Å². The molecule has 0 saturated carbocycles. The number of ether oxygens (including phenoxy) is 8. The lowest BCUT2D eigenvalue weighted by Gasteiger charge is -2.44. The van der Waals surface area contributed by atoms with Crippen LogP contribution in [0.15, 0.2) is 78.9 Å². The van der Waals surface area contributed by atoms with Crippen LogP contribution in [0, 0.1) is 0 Å². The van der Waals surface area contributed by atoms with Crippen molar-refractivity contribution in [3.8, 4) is 34.3 Å². The first-order valence-corrected chi connectivity index (χ1v) is 19.2. The molecule has 0 radical (unpaired) electrons. The van der Waals surface area contributed by atoms with E-state index in [1.165, 1.54) is 18.2 Å². The molecule has 1 saturated heterocycles. The number of hydrogen-bond donors (Lipinski definition) is 2. The number of esters is 5. The lowest BCUT2D eigenvalue weighted by atomic mass is 9.76. The van der Waals surface area contributed by atoms with Crippen LogP contribution in [-0.2, 0) is 64.5 Å². The molecule has 3 aliphatic heterocycles. The molecule has 1 aromatic heterocycles. The Morgan fingerprint density at radius 2 is 1.49 bits per heavy atom. The van der Waals surface area contributed by atoms with E-state index in [1.54, 1.807) is 60.7 Å². The van der Waals surface area contributed by atoms with Gasteiger partial charge in [0.15, 0.2) is 30.2 Å². The van der Waals surface area contributed by atoms with Gasteiger partial charge in [0.25, 0.3) is 0 Å². The molecular weight excluding hydrogens is 818 g/mol. The standard InChI is InChI=1S/C44H36ClNO15/c1-20(47)54-19-36-39(56-21(2)48)40(57-22(3)49)41(58-23(4)50)43(60-36)55-18-24-15-33(46-32-13-9-25(45)16-28(24)32)37-34(52)14-12-31-38(37)59-35-17-26(51)10-11-30(35)44(31)29-8-6-5-7-27(29)42(53)61-44/h5-17,36,39-41,43,51-52H,18-19H2,1-4H3/t36-,39+,40+,41-,43-,44?/m1/s1. The molecule has 16 nitrogen and oxygen atoms in total. The molecule has 2 N–H and O–H groups in total. The predicted molar refractivity (Wildman–Crippen MR) is 211 cm³/mol. The maximum Gasteiger partial charge on any atom is 0.340 e. The number of phenolic OH excluding ortho intramolecular Hbond substituents is 2. The molecular formula is C44H36ClNO15. The molecule has 1 unspecified atom stereocenters. The summed E-state index contributed by atoms with van der Waals surface area (Å²) >= 11 is 6.48. The quantitative estimate of drug-likeness (QED) is 0.126. The van der Waals surface area contributed by atoms with Crippen molar-refractivity contribution in [2.75, 3.05) is 6.61 Å². The number of carbonyl (C=O) groups excluding carboxylic acids is 5. The predicted octanol–water partition coefficient (Wildman–Crippen LogP) is 6.13. The number of aromatic hydroxyl groups is 2. The van der Waals surface area contributed by atoms with E-state index in [-0.39, 0.29) is 40.9 Å². The first kappa shape index (κ1) is 41.0. The number of nitrogens with zero attached hydrogens (tertiary/aromatic N) is 1. The number of halogens is 1. The monoisotopic (exact) mass is 853 g/mol. The fourth-order valence-electron chi connectivity index (χ4n) is 7.97. The van der Waals surface area contributed by atoms with Crippen molar-refractivity contribution in [2.24, 2.45) is 0 Å². The van der Waals surface area contributed by atoms with Gasteiger partial charge in [0.05, 0.1) is 28.9 Å². The van der Waals surface area contributed by atoms with E-state index < -0.39 is 72.8 Å². The summed E-state index contributed by atoms with van der Waals surface area (Å²) in [7, 11) is 0. The van der Waals surface area contributed by atoms with Crippen molar-refractivity contribution in [3.63, 3.8) is 0 Å². The zero-order valence-electron chi connectivity index (χ0n) is 32.8. The van der Waals surface area contributed by atoms with Crippen LogP contribution in [0.5, 0.6) is 23.0 Å². The van der Waals surface area contributed by atoms with Crippen LogP contribution in [0.2, 0.25) is 5.02 Å². The Morgan fingerprint density at radius 1 is 0.787 bits per heavy atom. The Kier molecular flexibility index (Phi) is 10.8. The molecule has 8 rings (SSSR count). The van der Waals surface area contributed by atoms with Crippen LogP contribution in [0.3, 0.4) is 0 Å². The summed E-state index contributed by atoms with van der Waals surface area (Å²) in [5, 5.41) is 23.1. The first-order chi connectivity index (χ1) is 29.1. The van der Waals surface area contributed by atoms with Crippen LogP contribution < -0.4 is 4.74 Å². The van der Waals surface area contributed by atoms with Gasteiger partial charge in [0.2, 0.25) is 0 Å². The third kappa shape index (κ3) is 7.53. The normalized spacial score (nSPS) is 22.2. The number of fused-ring (bicyclic) bond motifs is 7. The minimum atomic E-state index is -1.54. The number of rotatable bonds is 9. The molecule has 314 valence electrons. The van der Waals surface area contributed by atoms with Gasteiger partial charge in [-0.3, -0.25) is 19.2 Å². The summed E-state index contributed by atoms with van der Waals surface area (Å²) in [6, 6.07) is 20.9. The Morgan fingerprint density at radius 3 is 2.23 bits per heavy atom. The van der Waals surface area contributed by atoms with E-state index >= 15 is 0 Å². The molecule has 0 bridgehead atoms. The zero-order valence-corrected chi connectivity index (χ0v) is 33.6. The summed E-state index contributed by atoms with van der Waals surface area (Å²) < 4.78 is 47.1. The van der Waals surface area contributed by atoms with E-state index in [0.717, 1.165) is 27.7 Å². The van der Waals surface area contributed by atoms with E-state index in [0.29, 0.717) is 43.7 Å². The summed E-state index contributed by atoms with van der Waals surface area (Å²) in [5.74, 6) is -3.83. The zero-order chi connectivity index (χ0) is 43.3. The molecule has 4 aromatic carbocycles. The van der Waals surface area contributed by atoms with Crippen molar-refractivity contribution in [3.05, 3.63) is 112 Å². The van der Waals surface area contributed by atoms with Gasteiger partial charge < -0.3 is 48.1 Å². The van der Waals surface area contributed by atoms with Crippen LogP contribution in [0.1, 0.15) is 60.3 Å². The van der Waals surface area contributed by atoms with E-state index in [4.69, 9.17) is 54.5 Å². The van der Waals surface area contributed by atoms with Gasteiger partial charge in [-0.25, -0.2) is 9.78 Å². The summed E-state index contributed by atoms with van der Waals surface area (Å²) in [6.07, 6.45) is -7.15. The Balaban J connectivity index is 1.25. The number of phenols is 2. The fraction of sp³-hybridized carbons (Fsp3) is 0.273. The summed E-state index contributed by atoms with van der Waals surface area (Å²) in [4.78, 5) is 67.3. The second-order valence-corrected chi connectivity index (χ2v) is 14.9. The van der Waals surface area contributed by atoms with Crippen molar-refractivity contribution >= 4 is 52.4 Å². The second-order valence-electron chi connectivity index (χ2n) is 14.4. The minimum Gasteiger partial charge on any atom is -0.508 e. The van der Waals surface area contributed by atoms with Gasteiger partial charge in [-0.15, -0.1) is 0 Å². The van der Waals surface area contributed by atoms with E-state index in [9.17, 15) is 34.2 Å². The Hall–Kier alpha value is -6.75. The highest BCUT2D eigenvalue weighted by atomic mass is 35.5. The number of carbonyl (C=O) groups is 5. The van der Waals surface area contributed by atoms with Gasteiger partial charge in [-0.2, -0.15) is 0 Å². The Labute approximate surface area is 351 Å². The molecule has 4 heterocycles. The average molecular weight is 854 g/mol. The minimum absolute atomic E-state index is 0.0786. The van der Waals surface area contributed by atoms with Crippen LogP contribution in [0.25, 0.3) is 22.2 Å². The Bertz CT molecular complexity index is 2650. The number of aromatic nitrogens is 1. The highest BCUT2D eigenvalue weighted by molar-refractivity contribution is 6.31. The number of pyridine rings is 1. The molecule has 61 heavy (non-hydrogen) atoms. The third-order valence-corrected chi connectivity index (χ3v) is 10.5. The highest BCUT2D eigenvalue weighted by Gasteiger charge is 2.55. The highest BCUT2D eigenvalue weighted by Crippen LogP contribution is 2.59. The maximum atomic E-state index is 13.5. The molecule has 17 heteroatoms. The molecule has 3 aliphatic rings. The lowest BCUT2D eigenvalue weighted by Crippen LogP contribution is -2.62. The smallest absolute Gasteiger partial charge is 0.340 e. The van der Waals surface area contributed by atoms with Gasteiger partial charge in [0.1, 0.15) is 35.7 Å². The molecule has 1 fully saturated rings. The fourth-order valence-corrected chi connectivity index (χ4v) is 8.14. The van der Waals surface area contributed by atoms with Gasteiger partial charge in [-0.1, -0.05) is 29.8 Å². The number of benzene rings is 4. The van der Waals surface area contributed by atoms with E-state index in [2.05, 4.69) is 0 Å². The van der Waals surface area contributed by atoms with Gasteiger partial charge >= 0.3 is 29.8 Å². The molecule has 1 spiro atoms. The topological polar surface area (TPSA) is 213 Å². The second kappa shape index (κ2) is 16.0. The third-order valence-electron chi connectivity index (χ3n) is 10.3. The maximum absolute atomic E-state index is 13.5. The summed E-state index contributed by atoms with van der Waals surface area (Å²) in [5.41, 5.74) is 1.17. The molecule has 0 aliphatic carbocycles. The van der Waals surface area contributed by atoms with Crippen molar-refractivity contribution in [2.45, 2.75) is 70.6 Å². The van der Waals surface area contributed by atoms with Crippen LogP contribution in [0.4, 0.5) is 0 Å². The van der Waals surface area contributed by atoms with Crippen LogP contribution >= 0.6 is 11.6 Å². The number of hydrogen-bond acceptors (Lipinski definition) is 16. The van der Waals surface area contributed by atoms with E-state index in [1.807, 2.05) is 0 Å². The van der Waals surface area contributed by atoms with Crippen molar-refractivity contribution < 1.29 is 72.1 Å². The van der Waals surface area contributed by atoms with Gasteiger partial charge in [0, 0.05) is 60.9 Å². The lowest BCUT2D eigenvalue weighted by molar-refractivity contribution is -0.310. The van der Waals surface area contributed by atoms with Gasteiger partial charge in [-0.05, 0) is 60.2 Å². The molecule has 5 aromatic rings. The largest absolute Gasteiger partial charge is 0.508 e. The molecule has 0 amide bonds. The van der Waals surface area contributed by atoms with Crippen molar-refractivity contribution in [1.82, 2.24) is 4.98 Å². The summed E-state index contributed by atoms with van der Waals surface area (Å²) in [6.45, 7) is 3.70. The van der Waals surface area contributed by atoms with Crippen LogP contribution in [-0.4, -0.2) is 82.4 Å². The SMILES string of the molecule is CC(=O)OC[C@H]1O[C@@H](OCc2cc(-c3c(O)ccc4c3Oc3cc(O)ccc3C43OC(=O)c4ccccc43)nc3ccc(Cl)cc23)[C@H](OC(C)=O)[C@@H](OC(C)=O)[C@H]1OC(C)=O. The first-order valence-electron chi connectivity index (χ1n) is 18.9. The average Bonchev–Trinajstić information content (AvgIpc) is 3.49. The molecule has 6 atom stereocenters.